The normalized spacial score (nSPS) is 13.3. The van der Waals surface area contributed by atoms with Crippen molar-refractivity contribution in [2.45, 2.75) is 103 Å². The van der Waals surface area contributed by atoms with Gasteiger partial charge < -0.3 is 19.1 Å². The number of furan rings is 1. The third kappa shape index (κ3) is 9.98. The standard InChI is InChI=1S/C88H80BN3O/c1-84(2,3)59-39-47-68(48-40-59)90(78-37-26-36-73-72-35-24-25-38-81(72)93-83(73)78)71-57-79-82-80(58-71)92(70-51-43-65(44-52-70)86(6,7)61-29-18-13-19-30-61)77-54-46-67(88(10,11)63-33-22-15-23-34-63)56-75(77)89(82)74-55-66(87(8,9)62-31-20-14-21-32-62)45-53-76(74)91(79)69-49-41-64(42-50-69)85(4,5)60-27-16-12-17-28-60/h12-58H,1-11H3. The first-order valence-corrected chi connectivity index (χ1v) is 33.1. The Bertz CT molecular complexity index is 4700. The molecule has 13 aromatic rings. The number of rotatable bonds is 13. The summed E-state index contributed by atoms with van der Waals surface area (Å²) in [7, 11) is 0. The van der Waals surface area contributed by atoms with Crippen molar-refractivity contribution >= 4 is 96.2 Å². The first-order valence-electron chi connectivity index (χ1n) is 33.1. The van der Waals surface area contributed by atoms with Crippen molar-refractivity contribution in [2.75, 3.05) is 14.7 Å². The van der Waals surface area contributed by atoms with Gasteiger partial charge in [0.25, 0.3) is 6.71 Å². The van der Waals surface area contributed by atoms with Crippen molar-refractivity contribution in [1.29, 1.82) is 0 Å². The maximum Gasteiger partial charge on any atom is 0.252 e. The van der Waals surface area contributed by atoms with Gasteiger partial charge in [-0.2, -0.15) is 0 Å². The first-order chi connectivity index (χ1) is 44.8. The van der Waals surface area contributed by atoms with E-state index in [1.165, 1.54) is 66.5 Å². The average molecular weight is 1210 g/mol. The van der Waals surface area contributed by atoms with Crippen molar-refractivity contribution < 1.29 is 4.42 Å². The first kappa shape index (κ1) is 59.2. The number of fused-ring (bicyclic) bond motifs is 7. The summed E-state index contributed by atoms with van der Waals surface area (Å²) >= 11 is 0. The molecular weight excluding hydrogens is 1130 g/mol. The van der Waals surface area contributed by atoms with Crippen molar-refractivity contribution in [3.63, 3.8) is 0 Å². The van der Waals surface area contributed by atoms with Crippen LogP contribution in [-0.2, 0) is 27.1 Å². The van der Waals surface area contributed by atoms with E-state index >= 15 is 0 Å². The third-order valence-corrected chi connectivity index (χ3v) is 21.0. The quantitative estimate of drug-likeness (QED) is 0.107. The molecule has 12 aromatic carbocycles. The lowest BCUT2D eigenvalue weighted by Crippen LogP contribution is -2.61. The highest BCUT2D eigenvalue weighted by Crippen LogP contribution is 2.52. The summed E-state index contributed by atoms with van der Waals surface area (Å²) in [6, 6.07) is 107. The lowest BCUT2D eigenvalue weighted by molar-refractivity contribution is 0.590. The van der Waals surface area contributed by atoms with Crippen molar-refractivity contribution in [3.8, 4) is 0 Å². The number of hydrogen-bond donors (Lipinski definition) is 0. The van der Waals surface area contributed by atoms with Gasteiger partial charge in [0.05, 0.1) is 11.4 Å². The smallest absolute Gasteiger partial charge is 0.252 e. The van der Waals surface area contributed by atoms with Crippen LogP contribution in [-0.4, -0.2) is 6.71 Å². The van der Waals surface area contributed by atoms with Crippen LogP contribution in [0.15, 0.2) is 290 Å². The van der Waals surface area contributed by atoms with Crippen LogP contribution in [0.2, 0.25) is 0 Å². The van der Waals surface area contributed by atoms with E-state index in [0.29, 0.717) is 0 Å². The van der Waals surface area contributed by atoms with Gasteiger partial charge in [-0.3, -0.25) is 0 Å². The van der Waals surface area contributed by atoms with E-state index < -0.39 is 0 Å². The van der Waals surface area contributed by atoms with Crippen LogP contribution in [0.3, 0.4) is 0 Å². The molecule has 456 valence electrons. The van der Waals surface area contributed by atoms with Crippen LogP contribution in [0.5, 0.6) is 0 Å². The predicted octanol–water partition coefficient (Wildman–Crippen LogP) is 21.7. The highest BCUT2D eigenvalue weighted by atomic mass is 16.3. The van der Waals surface area contributed by atoms with Gasteiger partial charge in [-0.05, 0) is 145 Å². The molecule has 0 amide bonds. The van der Waals surface area contributed by atoms with Crippen LogP contribution < -0.4 is 31.1 Å². The Labute approximate surface area is 550 Å². The molecule has 1 aromatic heterocycles. The van der Waals surface area contributed by atoms with Crippen LogP contribution in [0, 0.1) is 0 Å². The summed E-state index contributed by atoms with van der Waals surface area (Å²) in [6.07, 6.45) is 0. The second-order valence-electron chi connectivity index (χ2n) is 29.0. The summed E-state index contributed by atoms with van der Waals surface area (Å²) in [6.45, 7) is 25.6. The zero-order valence-electron chi connectivity index (χ0n) is 55.5. The van der Waals surface area contributed by atoms with Gasteiger partial charge in [-0.25, -0.2) is 0 Å². The molecule has 0 aliphatic carbocycles. The molecule has 0 spiro atoms. The monoisotopic (exact) mass is 1210 g/mol. The second-order valence-corrected chi connectivity index (χ2v) is 29.0. The summed E-state index contributed by atoms with van der Waals surface area (Å²) in [4.78, 5) is 7.63. The molecule has 0 fully saturated rings. The van der Waals surface area contributed by atoms with Gasteiger partial charge in [-0.1, -0.05) is 288 Å². The Hall–Kier alpha value is -10.1. The van der Waals surface area contributed by atoms with E-state index in [1.807, 2.05) is 0 Å². The number of hydrogen-bond acceptors (Lipinski definition) is 4. The Morgan fingerprint density at radius 1 is 0.301 bits per heavy atom. The lowest BCUT2D eigenvalue weighted by atomic mass is 9.33. The lowest BCUT2D eigenvalue weighted by Gasteiger charge is -2.46. The molecule has 0 radical (unpaired) electrons. The molecule has 15 rings (SSSR count). The Morgan fingerprint density at radius 2 is 0.667 bits per heavy atom. The van der Waals surface area contributed by atoms with E-state index in [1.54, 1.807) is 0 Å². The molecule has 3 heterocycles. The highest BCUT2D eigenvalue weighted by molar-refractivity contribution is 7.00. The van der Waals surface area contributed by atoms with Gasteiger partial charge in [0.2, 0.25) is 0 Å². The average Bonchev–Trinajstić information content (AvgIpc) is 1.03. The zero-order valence-corrected chi connectivity index (χ0v) is 55.5. The predicted molar refractivity (Wildman–Crippen MR) is 395 cm³/mol. The number of nitrogens with zero attached hydrogens (tertiary/aromatic N) is 3. The van der Waals surface area contributed by atoms with Crippen molar-refractivity contribution in [2.24, 2.45) is 0 Å². The largest absolute Gasteiger partial charge is 0.454 e. The number of anilines is 9. The van der Waals surface area contributed by atoms with E-state index in [4.69, 9.17) is 4.42 Å². The topological polar surface area (TPSA) is 22.9 Å². The minimum Gasteiger partial charge on any atom is -0.454 e. The minimum atomic E-state index is -0.324. The van der Waals surface area contributed by atoms with Crippen LogP contribution in [0.1, 0.15) is 126 Å². The minimum absolute atomic E-state index is 0.0566. The van der Waals surface area contributed by atoms with Gasteiger partial charge >= 0.3 is 0 Å². The van der Waals surface area contributed by atoms with E-state index in [2.05, 4.69) is 376 Å². The molecule has 4 nitrogen and oxygen atoms in total. The number of benzene rings is 12. The highest BCUT2D eigenvalue weighted by Gasteiger charge is 2.46. The summed E-state index contributed by atoms with van der Waals surface area (Å²) in [5.41, 5.74) is 25.4. The van der Waals surface area contributed by atoms with Crippen LogP contribution in [0.25, 0.3) is 21.9 Å². The fourth-order valence-corrected chi connectivity index (χ4v) is 15.0. The second kappa shape index (κ2) is 22.3. The molecule has 0 saturated heterocycles. The SMILES string of the molecule is CC(C)(C)c1ccc(N(c2cc3c4c(c2)N(c2ccc(C(C)(C)c5ccccc5)cc2)c2ccc(C(C)(C)c5ccccc5)cc2B4c2cc(C(C)(C)c4ccccc4)ccc2N3c2ccc(C(C)(C)c3ccccc3)cc2)c2cccc3c2oc2ccccc23)cc1. The molecule has 2 aliphatic heterocycles. The van der Waals surface area contributed by atoms with Gasteiger partial charge in [-0.15, -0.1) is 0 Å². The third-order valence-electron chi connectivity index (χ3n) is 21.0. The van der Waals surface area contributed by atoms with Crippen LogP contribution in [0.4, 0.5) is 51.2 Å². The Morgan fingerprint density at radius 3 is 1.10 bits per heavy atom. The van der Waals surface area contributed by atoms with Crippen LogP contribution >= 0.6 is 0 Å². The molecule has 93 heavy (non-hydrogen) atoms. The molecule has 0 saturated carbocycles. The van der Waals surface area contributed by atoms with Gasteiger partial charge in [0, 0.05) is 72.2 Å². The number of para-hydroxylation sites is 2. The fraction of sp³-hybridized carbons (Fsp3) is 0.182. The fourth-order valence-electron chi connectivity index (χ4n) is 15.0. The molecular formula is C88H80BN3O. The molecule has 0 bridgehead atoms. The molecule has 0 atom stereocenters. The Balaban J connectivity index is 1.05. The zero-order chi connectivity index (χ0) is 64.2. The molecule has 2 aliphatic rings. The van der Waals surface area contributed by atoms with Crippen molar-refractivity contribution in [3.05, 3.63) is 335 Å². The summed E-state index contributed by atoms with van der Waals surface area (Å²) in [5.74, 6) is 0. The van der Waals surface area contributed by atoms with E-state index in [9.17, 15) is 0 Å². The molecule has 0 unspecified atom stereocenters. The molecule has 0 N–H and O–H groups in total. The molecule has 5 heteroatoms. The maximum atomic E-state index is 7.08. The van der Waals surface area contributed by atoms with Gasteiger partial charge in [0.1, 0.15) is 5.58 Å². The van der Waals surface area contributed by atoms with Crippen molar-refractivity contribution in [1.82, 2.24) is 0 Å². The maximum absolute atomic E-state index is 7.08. The van der Waals surface area contributed by atoms with E-state index in [-0.39, 0.29) is 33.8 Å². The summed E-state index contributed by atoms with van der Waals surface area (Å²) < 4.78 is 7.08. The Kier molecular flexibility index (Phi) is 14.2. The summed E-state index contributed by atoms with van der Waals surface area (Å²) in [5, 5.41) is 2.17. The van der Waals surface area contributed by atoms with E-state index in [0.717, 1.165) is 73.1 Å². The van der Waals surface area contributed by atoms with Gasteiger partial charge in [0.15, 0.2) is 5.58 Å².